The molecule has 0 bridgehead atoms. The van der Waals surface area contributed by atoms with E-state index in [9.17, 15) is 0 Å². The maximum atomic E-state index is 4.19. The van der Waals surface area contributed by atoms with E-state index >= 15 is 0 Å². The molecule has 0 unspecified atom stereocenters. The summed E-state index contributed by atoms with van der Waals surface area (Å²) in [5.41, 5.74) is 3.80. The van der Waals surface area contributed by atoms with Crippen LogP contribution in [0.3, 0.4) is 0 Å². The number of fused-ring (bicyclic) bond motifs is 1. The molecule has 82 valence electrons. The van der Waals surface area contributed by atoms with E-state index in [-0.39, 0.29) is 0 Å². The van der Waals surface area contributed by atoms with E-state index in [1.54, 1.807) is 0 Å². The van der Waals surface area contributed by atoms with E-state index in [0.29, 0.717) is 0 Å². The monoisotopic (exact) mass is 219 g/mol. The molecule has 3 aromatic rings. The van der Waals surface area contributed by atoms with Crippen molar-refractivity contribution in [3.8, 4) is 11.1 Å². The Labute approximate surface area is 101 Å². The molecule has 1 nitrogen and oxygen atoms in total. The second kappa shape index (κ2) is 4.02. The SMILES string of the molecule is Cc1cc(-c2ccccc2)cc2cnccc12. The van der Waals surface area contributed by atoms with Gasteiger partial charge in [-0.1, -0.05) is 36.4 Å². The first-order valence-corrected chi connectivity index (χ1v) is 5.74. The molecule has 0 saturated carbocycles. The molecule has 0 amide bonds. The highest BCUT2D eigenvalue weighted by Gasteiger charge is 2.02. The lowest BCUT2D eigenvalue weighted by atomic mass is 9.99. The van der Waals surface area contributed by atoms with Gasteiger partial charge in [-0.05, 0) is 41.1 Å². The number of aryl methyl sites for hydroxylation is 1. The van der Waals surface area contributed by atoms with E-state index in [2.05, 4.69) is 54.4 Å². The summed E-state index contributed by atoms with van der Waals surface area (Å²) in [5.74, 6) is 0. The van der Waals surface area contributed by atoms with Gasteiger partial charge in [0, 0.05) is 17.8 Å². The van der Waals surface area contributed by atoms with E-state index < -0.39 is 0 Å². The van der Waals surface area contributed by atoms with Crippen LogP contribution in [0.15, 0.2) is 60.9 Å². The third kappa shape index (κ3) is 1.80. The normalized spacial score (nSPS) is 10.6. The number of rotatable bonds is 1. The van der Waals surface area contributed by atoms with E-state index in [0.717, 1.165) is 0 Å². The molecule has 17 heavy (non-hydrogen) atoms. The zero-order valence-corrected chi connectivity index (χ0v) is 9.72. The molecule has 3 rings (SSSR count). The van der Waals surface area contributed by atoms with Crippen LogP contribution >= 0.6 is 0 Å². The summed E-state index contributed by atoms with van der Waals surface area (Å²) in [6.45, 7) is 2.15. The first kappa shape index (κ1) is 10.0. The Morgan fingerprint density at radius 3 is 2.53 bits per heavy atom. The number of hydrogen-bond donors (Lipinski definition) is 0. The predicted molar refractivity (Wildman–Crippen MR) is 71.9 cm³/mol. The fourth-order valence-corrected chi connectivity index (χ4v) is 2.20. The molecule has 0 fully saturated rings. The molecule has 1 heteroatoms. The molecular weight excluding hydrogens is 206 g/mol. The fourth-order valence-electron chi connectivity index (χ4n) is 2.20. The average Bonchev–Trinajstić information content (AvgIpc) is 2.40. The Morgan fingerprint density at radius 1 is 0.882 bits per heavy atom. The fraction of sp³-hybridized carbons (Fsp3) is 0.0625. The van der Waals surface area contributed by atoms with Gasteiger partial charge < -0.3 is 0 Å². The molecule has 0 spiro atoms. The topological polar surface area (TPSA) is 12.9 Å². The molecule has 0 radical (unpaired) electrons. The van der Waals surface area contributed by atoms with E-state index in [1.165, 1.54) is 27.5 Å². The molecule has 0 aliphatic carbocycles. The molecule has 0 aliphatic heterocycles. The number of aromatic nitrogens is 1. The van der Waals surface area contributed by atoms with Crippen molar-refractivity contribution in [1.82, 2.24) is 4.98 Å². The maximum Gasteiger partial charge on any atom is 0.0346 e. The first-order valence-electron chi connectivity index (χ1n) is 5.74. The molecular formula is C16H13N. The lowest BCUT2D eigenvalue weighted by Crippen LogP contribution is -1.84. The lowest BCUT2D eigenvalue weighted by Gasteiger charge is -2.07. The summed E-state index contributed by atoms with van der Waals surface area (Å²) in [6.07, 6.45) is 3.77. The minimum atomic E-state index is 1.20. The van der Waals surface area contributed by atoms with E-state index in [1.807, 2.05) is 18.5 Å². The van der Waals surface area contributed by atoms with Gasteiger partial charge in [0.05, 0.1) is 0 Å². The zero-order chi connectivity index (χ0) is 11.7. The van der Waals surface area contributed by atoms with Gasteiger partial charge in [0.1, 0.15) is 0 Å². The molecule has 0 aliphatic rings. The van der Waals surface area contributed by atoms with Crippen LogP contribution in [0.2, 0.25) is 0 Å². The van der Waals surface area contributed by atoms with Crippen LogP contribution in [0.1, 0.15) is 5.56 Å². The Kier molecular flexibility index (Phi) is 2.37. The highest BCUT2D eigenvalue weighted by atomic mass is 14.6. The molecule has 2 aromatic carbocycles. The highest BCUT2D eigenvalue weighted by molar-refractivity contribution is 5.89. The molecule has 0 N–H and O–H groups in total. The van der Waals surface area contributed by atoms with Gasteiger partial charge in [0.15, 0.2) is 0 Å². The minimum absolute atomic E-state index is 1.20. The van der Waals surface area contributed by atoms with Crippen LogP contribution in [0.5, 0.6) is 0 Å². The van der Waals surface area contributed by atoms with Crippen molar-refractivity contribution >= 4 is 10.8 Å². The Bertz CT molecular complexity index is 657. The van der Waals surface area contributed by atoms with Crippen molar-refractivity contribution in [3.05, 3.63) is 66.5 Å². The summed E-state index contributed by atoms with van der Waals surface area (Å²) in [6, 6.07) is 16.9. The predicted octanol–water partition coefficient (Wildman–Crippen LogP) is 4.21. The third-order valence-electron chi connectivity index (χ3n) is 3.07. The van der Waals surface area contributed by atoms with Crippen molar-refractivity contribution in [1.29, 1.82) is 0 Å². The second-order valence-corrected chi connectivity index (χ2v) is 4.26. The lowest BCUT2D eigenvalue weighted by molar-refractivity contribution is 1.35. The maximum absolute atomic E-state index is 4.19. The quantitative estimate of drug-likeness (QED) is 0.597. The van der Waals surface area contributed by atoms with Gasteiger partial charge in [0.25, 0.3) is 0 Å². The number of nitrogens with zero attached hydrogens (tertiary/aromatic N) is 1. The second-order valence-electron chi connectivity index (χ2n) is 4.26. The zero-order valence-electron chi connectivity index (χ0n) is 9.72. The van der Waals surface area contributed by atoms with Gasteiger partial charge in [-0.25, -0.2) is 0 Å². The largest absolute Gasteiger partial charge is 0.264 e. The van der Waals surface area contributed by atoms with Gasteiger partial charge >= 0.3 is 0 Å². The summed E-state index contributed by atoms with van der Waals surface area (Å²) in [7, 11) is 0. The standard InChI is InChI=1S/C16H13N/c1-12-9-14(13-5-3-2-4-6-13)10-15-11-17-8-7-16(12)15/h2-11H,1H3. The number of pyridine rings is 1. The molecule has 0 atom stereocenters. The third-order valence-corrected chi connectivity index (χ3v) is 3.07. The van der Waals surface area contributed by atoms with Crippen molar-refractivity contribution in [2.24, 2.45) is 0 Å². The van der Waals surface area contributed by atoms with E-state index in [4.69, 9.17) is 0 Å². The van der Waals surface area contributed by atoms with Crippen molar-refractivity contribution in [2.45, 2.75) is 6.92 Å². The minimum Gasteiger partial charge on any atom is -0.264 e. The van der Waals surface area contributed by atoms with Gasteiger partial charge in [-0.2, -0.15) is 0 Å². The van der Waals surface area contributed by atoms with Crippen LogP contribution in [0.4, 0.5) is 0 Å². The summed E-state index contributed by atoms with van der Waals surface area (Å²) in [5, 5.41) is 2.48. The van der Waals surface area contributed by atoms with Gasteiger partial charge in [-0.15, -0.1) is 0 Å². The first-order chi connectivity index (χ1) is 8.34. The van der Waals surface area contributed by atoms with Crippen molar-refractivity contribution in [2.75, 3.05) is 0 Å². The van der Waals surface area contributed by atoms with Gasteiger partial charge in [-0.3, -0.25) is 4.98 Å². The molecule has 0 saturated heterocycles. The van der Waals surface area contributed by atoms with Crippen LogP contribution in [-0.2, 0) is 0 Å². The Morgan fingerprint density at radius 2 is 1.71 bits per heavy atom. The van der Waals surface area contributed by atoms with Crippen LogP contribution in [-0.4, -0.2) is 4.98 Å². The van der Waals surface area contributed by atoms with Crippen molar-refractivity contribution in [3.63, 3.8) is 0 Å². The number of hydrogen-bond acceptors (Lipinski definition) is 1. The molecule has 1 aromatic heterocycles. The molecule has 1 heterocycles. The van der Waals surface area contributed by atoms with Crippen LogP contribution < -0.4 is 0 Å². The van der Waals surface area contributed by atoms with Crippen molar-refractivity contribution < 1.29 is 0 Å². The Balaban J connectivity index is 2.26. The van der Waals surface area contributed by atoms with Crippen LogP contribution in [0.25, 0.3) is 21.9 Å². The summed E-state index contributed by atoms with van der Waals surface area (Å²) in [4.78, 5) is 4.19. The summed E-state index contributed by atoms with van der Waals surface area (Å²) >= 11 is 0. The number of benzene rings is 2. The van der Waals surface area contributed by atoms with Gasteiger partial charge in [0.2, 0.25) is 0 Å². The van der Waals surface area contributed by atoms with Crippen LogP contribution in [0, 0.1) is 6.92 Å². The smallest absolute Gasteiger partial charge is 0.0346 e. The Hall–Kier alpha value is -2.15. The summed E-state index contributed by atoms with van der Waals surface area (Å²) < 4.78 is 0. The average molecular weight is 219 g/mol. The highest BCUT2D eigenvalue weighted by Crippen LogP contribution is 2.26.